The number of hydrogen-bond donors (Lipinski definition) is 0. The van der Waals surface area contributed by atoms with E-state index in [-0.39, 0.29) is 17.2 Å². The van der Waals surface area contributed by atoms with Crippen LogP contribution in [0.25, 0.3) is 0 Å². The number of pyridine rings is 1. The van der Waals surface area contributed by atoms with Gasteiger partial charge in [0.15, 0.2) is 0 Å². The van der Waals surface area contributed by atoms with E-state index >= 15 is 0 Å². The highest BCUT2D eigenvalue weighted by molar-refractivity contribution is 5.47. The first kappa shape index (κ1) is 11.0. The van der Waals surface area contributed by atoms with Crippen molar-refractivity contribution < 1.29 is 14.1 Å². The van der Waals surface area contributed by atoms with Gasteiger partial charge in [-0.15, -0.1) is 0 Å². The molecule has 1 aromatic carbocycles. The van der Waals surface area contributed by atoms with Gasteiger partial charge in [-0.25, -0.2) is 4.98 Å². The molecule has 2 rings (SSSR count). The van der Waals surface area contributed by atoms with Gasteiger partial charge in [0.05, 0.1) is 4.92 Å². The van der Waals surface area contributed by atoms with Gasteiger partial charge >= 0.3 is 5.69 Å². The minimum absolute atomic E-state index is 0.0584. The Morgan fingerprint density at radius 2 is 2.06 bits per heavy atom. The van der Waals surface area contributed by atoms with Gasteiger partial charge in [0.1, 0.15) is 5.75 Å². The zero-order valence-corrected chi connectivity index (χ0v) is 8.54. The molecule has 0 fully saturated rings. The summed E-state index contributed by atoms with van der Waals surface area (Å²) >= 11 is 0. The summed E-state index contributed by atoms with van der Waals surface area (Å²) in [6, 6.07) is 8.35. The average Bonchev–Trinajstić information content (AvgIpc) is 2.29. The van der Waals surface area contributed by atoms with Crippen LogP contribution in [0.4, 0.5) is 10.1 Å². The van der Waals surface area contributed by atoms with E-state index in [1.54, 1.807) is 6.07 Å². The van der Waals surface area contributed by atoms with Crippen molar-refractivity contribution in [3.8, 4) is 11.5 Å². The van der Waals surface area contributed by atoms with Crippen molar-refractivity contribution in [1.82, 2.24) is 4.98 Å². The van der Waals surface area contributed by atoms with Crippen LogP contribution in [-0.4, -0.2) is 9.91 Å². The summed E-state index contributed by atoms with van der Waals surface area (Å²) in [5, 5.41) is 10.7. The van der Waals surface area contributed by atoms with Crippen LogP contribution in [-0.2, 0) is 0 Å². The predicted molar refractivity (Wildman–Crippen MR) is 57.4 cm³/mol. The van der Waals surface area contributed by atoms with Crippen molar-refractivity contribution >= 4 is 5.69 Å². The third-order valence-corrected chi connectivity index (χ3v) is 1.99. The highest BCUT2D eigenvalue weighted by atomic mass is 19.1. The van der Waals surface area contributed by atoms with Crippen molar-refractivity contribution in [2.45, 2.75) is 0 Å². The smallest absolute Gasteiger partial charge is 0.311 e. The molecule has 0 saturated carbocycles. The topological polar surface area (TPSA) is 65.3 Å². The van der Waals surface area contributed by atoms with E-state index in [0.717, 1.165) is 6.07 Å². The van der Waals surface area contributed by atoms with E-state index in [0.29, 0.717) is 0 Å². The highest BCUT2D eigenvalue weighted by Crippen LogP contribution is 2.30. The number of aromatic nitrogens is 1. The fraction of sp³-hybridized carbons (Fsp3) is 0. The molecule has 0 amide bonds. The maximum atomic E-state index is 12.8. The lowest BCUT2D eigenvalue weighted by Gasteiger charge is -2.05. The monoisotopic (exact) mass is 234 g/mol. The maximum Gasteiger partial charge on any atom is 0.311 e. The van der Waals surface area contributed by atoms with Crippen molar-refractivity contribution in [1.29, 1.82) is 0 Å². The minimum atomic E-state index is -0.707. The molecule has 0 radical (unpaired) electrons. The summed E-state index contributed by atoms with van der Waals surface area (Å²) in [6.07, 6.45) is 1.22. The second-order valence-corrected chi connectivity index (χ2v) is 3.14. The Hall–Kier alpha value is -2.50. The molecular weight excluding hydrogens is 227 g/mol. The molecule has 6 heteroatoms. The van der Waals surface area contributed by atoms with E-state index < -0.39 is 10.9 Å². The van der Waals surface area contributed by atoms with Gasteiger partial charge in [-0.2, -0.15) is 4.39 Å². The molecule has 17 heavy (non-hydrogen) atoms. The van der Waals surface area contributed by atoms with Crippen LogP contribution in [0.3, 0.4) is 0 Å². The van der Waals surface area contributed by atoms with Gasteiger partial charge in [-0.1, -0.05) is 12.1 Å². The van der Waals surface area contributed by atoms with Gasteiger partial charge in [-0.05, 0) is 12.1 Å². The first-order chi connectivity index (χ1) is 8.16. The number of hydrogen-bond acceptors (Lipinski definition) is 4. The number of halogens is 1. The second-order valence-electron chi connectivity index (χ2n) is 3.14. The number of nitro benzene ring substituents is 1. The van der Waals surface area contributed by atoms with Gasteiger partial charge in [-0.3, -0.25) is 10.1 Å². The number of nitro groups is 1. The molecule has 1 aromatic heterocycles. The summed E-state index contributed by atoms with van der Waals surface area (Å²) in [4.78, 5) is 13.5. The van der Waals surface area contributed by atoms with Crippen LogP contribution >= 0.6 is 0 Å². The van der Waals surface area contributed by atoms with E-state index in [1.165, 1.54) is 30.5 Å². The summed E-state index contributed by atoms with van der Waals surface area (Å²) in [6.45, 7) is 0. The summed E-state index contributed by atoms with van der Waals surface area (Å²) in [7, 11) is 0. The molecular formula is C11H7FN2O3. The molecule has 5 nitrogen and oxygen atoms in total. The Balaban J connectivity index is 2.33. The van der Waals surface area contributed by atoms with Crippen LogP contribution in [0.15, 0.2) is 42.6 Å². The number of para-hydroxylation sites is 2. The quantitative estimate of drug-likeness (QED) is 0.465. The summed E-state index contributed by atoms with van der Waals surface area (Å²) in [5.74, 6) is -0.490. The number of benzene rings is 1. The third-order valence-electron chi connectivity index (χ3n) is 1.99. The zero-order valence-electron chi connectivity index (χ0n) is 8.54. The molecule has 0 spiro atoms. The lowest BCUT2D eigenvalue weighted by Crippen LogP contribution is -1.93. The summed E-state index contributed by atoms with van der Waals surface area (Å²) < 4.78 is 18.0. The molecule has 0 atom stereocenters. The summed E-state index contributed by atoms with van der Waals surface area (Å²) in [5.41, 5.74) is -0.176. The van der Waals surface area contributed by atoms with Crippen LogP contribution in [0.2, 0.25) is 0 Å². The Bertz CT molecular complexity index is 560. The fourth-order valence-electron chi connectivity index (χ4n) is 1.27. The van der Waals surface area contributed by atoms with Crippen LogP contribution < -0.4 is 4.74 Å². The number of ether oxygens (including phenoxy) is 1. The van der Waals surface area contributed by atoms with E-state index in [2.05, 4.69) is 4.98 Å². The molecule has 1 heterocycles. The van der Waals surface area contributed by atoms with E-state index in [1.807, 2.05) is 0 Å². The Kier molecular flexibility index (Phi) is 2.95. The Morgan fingerprint density at radius 3 is 2.76 bits per heavy atom. The predicted octanol–water partition coefficient (Wildman–Crippen LogP) is 2.92. The minimum Gasteiger partial charge on any atom is -0.450 e. The number of rotatable bonds is 3. The van der Waals surface area contributed by atoms with Crippen molar-refractivity contribution in [3.63, 3.8) is 0 Å². The van der Waals surface area contributed by atoms with Crippen LogP contribution in [0.5, 0.6) is 11.5 Å². The van der Waals surface area contributed by atoms with Gasteiger partial charge in [0, 0.05) is 18.3 Å². The highest BCUT2D eigenvalue weighted by Gasteiger charge is 2.14. The lowest BCUT2D eigenvalue weighted by atomic mass is 10.3. The van der Waals surface area contributed by atoms with Crippen LogP contribution in [0.1, 0.15) is 0 Å². The van der Waals surface area contributed by atoms with Gasteiger partial charge in [0.2, 0.25) is 11.7 Å². The molecule has 0 saturated heterocycles. The third kappa shape index (κ3) is 2.54. The van der Waals surface area contributed by atoms with E-state index in [9.17, 15) is 14.5 Å². The Morgan fingerprint density at radius 1 is 1.29 bits per heavy atom. The SMILES string of the molecule is O=[N+]([O-])c1ccccc1Oc1ccnc(F)c1. The standard InChI is InChI=1S/C11H7FN2O3/c12-11-7-8(5-6-13-11)17-10-4-2-1-3-9(10)14(15)16/h1-7H. The molecule has 0 aliphatic rings. The average molecular weight is 234 g/mol. The fourth-order valence-corrected chi connectivity index (χ4v) is 1.27. The largest absolute Gasteiger partial charge is 0.450 e. The normalized spacial score (nSPS) is 9.94. The molecule has 0 unspecified atom stereocenters. The van der Waals surface area contributed by atoms with Crippen molar-refractivity contribution in [3.05, 3.63) is 58.7 Å². The molecule has 86 valence electrons. The first-order valence-corrected chi connectivity index (χ1v) is 4.69. The zero-order chi connectivity index (χ0) is 12.3. The molecule has 0 bridgehead atoms. The first-order valence-electron chi connectivity index (χ1n) is 4.69. The molecule has 0 N–H and O–H groups in total. The Labute approximate surface area is 95.6 Å². The van der Waals surface area contributed by atoms with Crippen LogP contribution in [0, 0.1) is 16.1 Å². The maximum absolute atomic E-state index is 12.8. The molecule has 0 aliphatic heterocycles. The van der Waals surface area contributed by atoms with Crippen molar-refractivity contribution in [2.24, 2.45) is 0 Å². The number of nitrogens with zero attached hydrogens (tertiary/aromatic N) is 2. The van der Waals surface area contributed by atoms with Crippen molar-refractivity contribution in [2.75, 3.05) is 0 Å². The van der Waals surface area contributed by atoms with Gasteiger partial charge in [0.25, 0.3) is 0 Å². The van der Waals surface area contributed by atoms with Gasteiger partial charge < -0.3 is 4.74 Å². The lowest BCUT2D eigenvalue weighted by molar-refractivity contribution is -0.385. The van der Waals surface area contributed by atoms with E-state index in [4.69, 9.17) is 4.74 Å². The molecule has 2 aromatic rings. The molecule has 0 aliphatic carbocycles. The second kappa shape index (κ2) is 4.56.